The van der Waals surface area contributed by atoms with Crippen LogP contribution in [0.25, 0.3) is 0 Å². The molecule has 0 aromatic carbocycles. The van der Waals surface area contributed by atoms with Crippen LogP contribution in [0, 0.1) is 13.8 Å². The van der Waals surface area contributed by atoms with Crippen LogP contribution in [-0.2, 0) is 9.53 Å². The zero-order valence-corrected chi connectivity index (χ0v) is 17.1. The van der Waals surface area contributed by atoms with E-state index < -0.39 is 12.1 Å². The summed E-state index contributed by atoms with van der Waals surface area (Å²) < 4.78 is 5.95. The molecule has 1 N–H and O–H groups in total. The van der Waals surface area contributed by atoms with Gasteiger partial charge in [0.15, 0.2) is 11.9 Å². The molecular weight excluding hydrogens is 372 g/mol. The van der Waals surface area contributed by atoms with E-state index >= 15 is 0 Å². The van der Waals surface area contributed by atoms with Crippen LogP contribution in [0.2, 0.25) is 0 Å². The molecule has 0 radical (unpaired) electrons. The Morgan fingerprint density at radius 2 is 1.88 bits per heavy atom. The van der Waals surface area contributed by atoms with Gasteiger partial charge >= 0.3 is 5.97 Å². The van der Waals surface area contributed by atoms with Crippen molar-refractivity contribution in [2.24, 2.45) is 0 Å². The van der Waals surface area contributed by atoms with E-state index in [0.29, 0.717) is 26.8 Å². The Kier molecular flexibility index (Phi) is 7.00. The van der Waals surface area contributed by atoms with Crippen LogP contribution < -0.4 is 0 Å². The third kappa shape index (κ3) is 4.73. The monoisotopic (exact) mass is 396 g/mol. The smallest absolute Gasteiger partial charge is 0.317 e. The highest BCUT2D eigenvalue weighted by Crippen LogP contribution is 2.21. The molecule has 1 aromatic rings. The second kappa shape index (κ2) is 8.81. The van der Waals surface area contributed by atoms with Crippen LogP contribution in [0.1, 0.15) is 58.8 Å². The predicted octanol–water partition coefficient (Wildman–Crippen LogP) is 3.06. The lowest BCUT2D eigenvalue weighted by atomic mass is 10.0. The average Bonchev–Trinajstić information content (AvgIpc) is 3.20. The van der Waals surface area contributed by atoms with E-state index in [1.54, 1.807) is 13.8 Å². The Labute approximate surface area is 163 Å². The summed E-state index contributed by atoms with van der Waals surface area (Å²) in [4.78, 5) is 41.3. The van der Waals surface area contributed by atoms with Gasteiger partial charge in [0.1, 0.15) is 4.32 Å². The first-order valence-corrected chi connectivity index (χ1v) is 9.97. The molecule has 0 aliphatic carbocycles. The fraction of sp³-hybridized carbons (Fsp3) is 0.556. The number of thioether (sulfide) groups is 1. The minimum absolute atomic E-state index is 0.0778. The van der Waals surface area contributed by atoms with Gasteiger partial charge in [0.05, 0.1) is 11.4 Å². The highest BCUT2D eigenvalue weighted by Gasteiger charge is 2.26. The Morgan fingerprint density at radius 3 is 2.42 bits per heavy atom. The minimum Gasteiger partial charge on any atom is -0.454 e. The number of Topliss-reactive ketones (excluding diaryl/α,β-unsaturated/α-hetero) is 2. The van der Waals surface area contributed by atoms with Crippen LogP contribution in [0.3, 0.4) is 0 Å². The lowest BCUT2D eigenvalue weighted by Gasteiger charge is -2.17. The summed E-state index contributed by atoms with van der Waals surface area (Å²) in [5, 5.41) is 0. The van der Waals surface area contributed by atoms with E-state index in [2.05, 4.69) is 9.88 Å². The molecule has 0 amide bonds. The summed E-state index contributed by atoms with van der Waals surface area (Å²) >= 11 is 6.57. The van der Waals surface area contributed by atoms with Gasteiger partial charge < -0.3 is 14.6 Å². The molecule has 0 spiro atoms. The SMILES string of the molecule is CC(=O)c1c(C)[nH]c(C(=O)[C@@H](C)OC(=O)CSC(=S)N2CCCC2)c1C. The summed E-state index contributed by atoms with van der Waals surface area (Å²) in [7, 11) is 0. The Balaban J connectivity index is 1.92. The summed E-state index contributed by atoms with van der Waals surface area (Å²) in [6.45, 7) is 8.31. The molecule has 0 unspecified atom stereocenters. The van der Waals surface area contributed by atoms with Crippen molar-refractivity contribution in [1.29, 1.82) is 0 Å². The molecule has 1 fully saturated rings. The maximum absolute atomic E-state index is 12.6. The van der Waals surface area contributed by atoms with Crippen molar-refractivity contribution in [1.82, 2.24) is 9.88 Å². The number of thiocarbonyl (C=S) groups is 1. The molecule has 0 bridgehead atoms. The van der Waals surface area contributed by atoms with Gasteiger partial charge in [-0.3, -0.25) is 14.4 Å². The largest absolute Gasteiger partial charge is 0.454 e. The van der Waals surface area contributed by atoms with Crippen LogP contribution in [0.15, 0.2) is 0 Å². The van der Waals surface area contributed by atoms with E-state index in [9.17, 15) is 14.4 Å². The van der Waals surface area contributed by atoms with Crippen LogP contribution in [0.4, 0.5) is 0 Å². The maximum atomic E-state index is 12.6. The van der Waals surface area contributed by atoms with Gasteiger partial charge in [-0.25, -0.2) is 0 Å². The maximum Gasteiger partial charge on any atom is 0.317 e. The molecule has 8 heteroatoms. The van der Waals surface area contributed by atoms with Crippen LogP contribution in [-0.4, -0.2) is 56.7 Å². The van der Waals surface area contributed by atoms with E-state index in [-0.39, 0.29) is 17.3 Å². The van der Waals surface area contributed by atoms with Crippen molar-refractivity contribution in [3.63, 3.8) is 0 Å². The summed E-state index contributed by atoms with van der Waals surface area (Å²) in [6, 6.07) is 0. The van der Waals surface area contributed by atoms with Gasteiger partial charge in [0, 0.05) is 24.3 Å². The number of carbonyl (C=O) groups is 3. The van der Waals surface area contributed by atoms with E-state index in [4.69, 9.17) is 17.0 Å². The number of nitrogens with one attached hydrogen (secondary N) is 1. The first-order chi connectivity index (χ1) is 12.2. The average molecular weight is 397 g/mol. The molecule has 2 rings (SSSR count). The predicted molar refractivity (Wildman–Crippen MR) is 106 cm³/mol. The minimum atomic E-state index is -0.931. The van der Waals surface area contributed by atoms with Gasteiger partial charge in [-0.05, 0) is 46.1 Å². The Morgan fingerprint density at radius 1 is 1.27 bits per heavy atom. The molecule has 1 aromatic heterocycles. The molecule has 2 heterocycles. The number of aryl methyl sites for hydroxylation is 1. The molecule has 1 saturated heterocycles. The number of aromatic amines is 1. The molecule has 0 saturated carbocycles. The van der Waals surface area contributed by atoms with Gasteiger partial charge in [-0.1, -0.05) is 24.0 Å². The zero-order valence-electron chi connectivity index (χ0n) is 15.5. The molecule has 1 aliphatic heterocycles. The molecule has 26 heavy (non-hydrogen) atoms. The van der Waals surface area contributed by atoms with Crippen molar-refractivity contribution in [2.45, 2.75) is 46.6 Å². The summed E-state index contributed by atoms with van der Waals surface area (Å²) in [5.74, 6) is -0.857. The first-order valence-electron chi connectivity index (χ1n) is 8.57. The number of aromatic nitrogens is 1. The Hall–Kier alpha value is -1.67. The third-order valence-electron chi connectivity index (χ3n) is 4.39. The second-order valence-electron chi connectivity index (χ2n) is 6.43. The quantitative estimate of drug-likeness (QED) is 0.450. The van der Waals surface area contributed by atoms with Crippen molar-refractivity contribution < 1.29 is 19.1 Å². The molecule has 142 valence electrons. The van der Waals surface area contributed by atoms with Crippen molar-refractivity contribution in [2.75, 3.05) is 18.8 Å². The zero-order chi connectivity index (χ0) is 19.4. The first kappa shape index (κ1) is 20.6. The number of ether oxygens (including phenoxy) is 1. The topological polar surface area (TPSA) is 79.5 Å². The number of hydrogen-bond donors (Lipinski definition) is 1. The van der Waals surface area contributed by atoms with E-state index in [1.165, 1.54) is 25.6 Å². The second-order valence-corrected chi connectivity index (χ2v) is 8.04. The fourth-order valence-corrected chi connectivity index (χ4v) is 4.16. The number of esters is 1. The number of carbonyl (C=O) groups excluding carboxylic acids is 3. The van der Waals surface area contributed by atoms with Gasteiger partial charge in [0.25, 0.3) is 0 Å². The van der Waals surface area contributed by atoms with E-state index in [1.807, 2.05) is 0 Å². The number of ketones is 2. The molecular formula is C18H24N2O4S2. The third-order valence-corrected chi connectivity index (χ3v) is 5.89. The van der Waals surface area contributed by atoms with Gasteiger partial charge in [-0.2, -0.15) is 0 Å². The highest BCUT2D eigenvalue weighted by molar-refractivity contribution is 8.23. The Bertz CT molecular complexity index is 736. The van der Waals surface area contributed by atoms with Gasteiger partial charge in [-0.15, -0.1) is 0 Å². The standard InChI is InChI=1S/C18H24N2O4S2/c1-10-15(12(3)21)11(2)19-16(10)17(23)13(4)24-14(22)9-26-18(25)20-7-5-6-8-20/h13,19H,5-9H2,1-4H3/t13-/m1/s1. The number of rotatable bonds is 6. The van der Waals surface area contributed by atoms with Gasteiger partial charge in [0.2, 0.25) is 5.78 Å². The number of likely N-dealkylation sites (tertiary alicyclic amines) is 1. The van der Waals surface area contributed by atoms with Crippen LogP contribution in [0.5, 0.6) is 0 Å². The van der Waals surface area contributed by atoms with Crippen molar-refractivity contribution >= 4 is 45.8 Å². The van der Waals surface area contributed by atoms with Crippen molar-refractivity contribution in [3.8, 4) is 0 Å². The molecule has 1 atom stereocenters. The lowest BCUT2D eigenvalue weighted by Crippen LogP contribution is -2.28. The number of nitrogens with zero attached hydrogens (tertiary/aromatic N) is 1. The number of H-pyrrole nitrogens is 1. The highest BCUT2D eigenvalue weighted by atomic mass is 32.2. The van der Waals surface area contributed by atoms with Crippen LogP contribution >= 0.6 is 24.0 Å². The number of hydrogen-bond acceptors (Lipinski definition) is 6. The summed E-state index contributed by atoms with van der Waals surface area (Å²) in [5.41, 5.74) is 2.06. The lowest BCUT2D eigenvalue weighted by molar-refractivity contribution is -0.143. The normalized spacial score (nSPS) is 15.0. The van der Waals surface area contributed by atoms with E-state index in [0.717, 1.165) is 25.9 Å². The van der Waals surface area contributed by atoms with Crippen molar-refractivity contribution in [3.05, 3.63) is 22.5 Å². The molecule has 1 aliphatic rings. The fourth-order valence-electron chi connectivity index (χ4n) is 3.12. The molecule has 6 nitrogen and oxygen atoms in total. The summed E-state index contributed by atoms with van der Waals surface area (Å²) in [6.07, 6.45) is 1.31.